The lowest BCUT2D eigenvalue weighted by Crippen LogP contribution is -2.32. The molecule has 0 saturated heterocycles. The molecule has 1 rings (SSSR count). The lowest BCUT2D eigenvalue weighted by atomic mass is 10.0. The van der Waals surface area contributed by atoms with Crippen LogP contribution in [-0.2, 0) is 19.1 Å². The molecule has 176 valence electrons. The average Bonchev–Trinajstić information content (AvgIpc) is 2.70. The fourth-order valence-electron chi connectivity index (χ4n) is 2.78. The van der Waals surface area contributed by atoms with Gasteiger partial charge >= 0.3 is 5.97 Å². The van der Waals surface area contributed by atoms with Crippen LogP contribution in [0, 0.1) is 21.4 Å². The standard InChI is InChI=1S/C18H23BrN4O8S/c1-21(6-3-4-17(24)25)18(26)14-11-15(13(12-20)10-16(14)23(27)28)22(7-5-19)8-9-31-32(2,29)30/h10-11H,3-9H2,1-2H3,(H,24,25). The van der Waals surface area contributed by atoms with Crippen molar-refractivity contribution in [3.8, 4) is 6.07 Å². The highest BCUT2D eigenvalue weighted by Gasteiger charge is 2.27. The highest BCUT2D eigenvalue weighted by molar-refractivity contribution is 9.09. The van der Waals surface area contributed by atoms with Crippen molar-refractivity contribution in [3.63, 3.8) is 0 Å². The maximum Gasteiger partial charge on any atom is 0.303 e. The number of anilines is 1. The zero-order valence-electron chi connectivity index (χ0n) is 17.5. The van der Waals surface area contributed by atoms with Crippen LogP contribution in [0.25, 0.3) is 0 Å². The topological polar surface area (TPSA) is 171 Å². The summed E-state index contributed by atoms with van der Waals surface area (Å²) in [5.74, 6) is -1.74. The summed E-state index contributed by atoms with van der Waals surface area (Å²) < 4.78 is 27.2. The number of nitro groups is 1. The minimum absolute atomic E-state index is 0.0350. The minimum Gasteiger partial charge on any atom is -0.481 e. The minimum atomic E-state index is -3.69. The first-order valence-electron chi connectivity index (χ1n) is 9.26. The van der Waals surface area contributed by atoms with Gasteiger partial charge in [0.25, 0.3) is 21.7 Å². The molecule has 0 saturated carbocycles. The molecule has 0 spiro atoms. The van der Waals surface area contributed by atoms with Crippen LogP contribution in [0.5, 0.6) is 0 Å². The van der Waals surface area contributed by atoms with Gasteiger partial charge in [-0.3, -0.25) is 23.9 Å². The predicted octanol–water partition coefficient (Wildman–Crippen LogP) is 1.58. The summed E-state index contributed by atoms with van der Waals surface area (Å²) in [5.41, 5.74) is -0.698. The van der Waals surface area contributed by atoms with Crippen molar-refractivity contribution >= 4 is 49.3 Å². The molecule has 0 heterocycles. The second-order valence-electron chi connectivity index (χ2n) is 6.68. The summed E-state index contributed by atoms with van der Waals surface area (Å²) >= 11 is 3.26. The van der Waals surface area contributed by atoms with E-state index in [1.54, 1.807) is 4.90 Å². The summed E-state index contributed by atoms with van der Waals surface area (Å²) in [6.45, 7) is 0.159. The van der Waals surface area contributed by atoms with Gasteiger partial charge in [-0.1, -0.05) is 15.9 Å². The molecule has 0 aliphatic carbocycles. The lowest BCUT2D eigenvalue weighted by molar-refractivity contribution is -0.385. The zero-order chi connectivity index (χ0) is 24.5. The Hall–Kier alpha value is -2.76. The van der Waals surface area contributed by atoms with Crippen molar-refractivity contribution in [2.75, 3.05) is 49.8 Å². The highest BCUT2D eigenvalue weighted by Crippen LogP contribution is 2.30. The first kappa shape index (κ1) is 27.3. The Morgan fingerprint density at radius 3 is 2.47 bits per heavy atom. The number of carbonyl (C=O) groups is 2. The molecule has 12 nitrogen and oxygen atoms in total. The highest BCUT2D eigenvalue weighted by atomic mass is 79.9. The largest absolute Gasteiger partial charge is 0.481 e. The van der Waals surface area contributed by atoms with Gasteiger partial charge in [0.1, 0.15) is 11.6 Å². The number of aliphatic carboxylic acids is 1. The second kappa shape index (κ2) is 12.3. The van der Waals surface area contributed by atoms with Gasteiger partial charge in [-0.25, -0.2) is 0 Å². The number of nitro benzene ring substituents is 1. The molecule has 1 amide bonds. The van der Waals surface area contributed by atoms with E-state index >= 15 is 0 Å². The molecule has 1 aromatic carbocycles. The van der Waals surface area contributed by atoms with E-state index < -0.39 is 32.6 Å². The smallest absolute Gasteiger partial charge is 0.303 e. The number of nitrogens with zero attached hydrogens (tertiary/aromatic N) is 4. The Labute approximate surface area is 193 Å². The number of hydrogen-bond acceptors (Lipinski definition) is 9. The number of amides is 1. The van der Waals surface area contributed by atoms with E-state index in [0.717, 1.165) is 12.3 Å². The van der Waals surface area contributed by atoms with Crippen molar-refractivity contribution in [1.29, 1.82) is 5.26 Å². The SMILES string of the molecule is CN(CCCC(=O)O)C(=O)c1cc(N(CCBr)CCOS(C)(=O)=O)c(C#N)cc1[N+](=O)[O-]. The number of carbonyl (C=O) groups excluding carboxylic acids is 1. The maximum atomic E-state index is 12.9. The fourth-order valence-corrected chi connectivity index (χ4v) is 3.58. The zero-order valence-corrected chi connectivity index (χ0v) is 19.9. The van der Waals surface area contributed by atoms with Crippen LogP contribution in [0.2, 0.25) is 0 Å². The van der Waals surface area contributed by atoms with Gasteiger partial charge in [-0.15, -0.1) is 0 Å². The van der Waals surface area contributed by atoms with Crippen LogP contribution in [-0.4, -0.2) is 80.1 Å². The molecule has 1 N–H and O–H groups in total. The van der Waals surface area contributed by atoms with E-state index in [-0.39, 0.29) is 49.4 Å². The quantitative estimate of drug-likeness (QED) is 0.169. The second-order valence-corrected chi connectivity index (χ2v) is 9.12. The molecular formula is C18H23BrN4O8S. The van der Waals surface area contributed by atoms with Crippen LogP contribution in [0.1, 0.15) is 28.8 Å². The lowest BCUT2D eigenvalue weighted by Gasteiger charge is -2.26. The average molecular weight is 535 g/mol. The molecule has 0 unspecified atom stereocenters. The molecule has 0 radical (unpaired) electrons. The van der Waals surface area contributed by atoms with E-state index in [9.17, 15) is 33.4 Å². The van der Waals surface area contributed by atoms with Gasteiger partial charge in [-0.2, -0.15) is 13.7 Å². The third kappa shape index (κ3) is 8.40. The van der Waals surface area contributed by atoms with E-state index in [0.29, 0.717) is 11.9 Å². The van der Waals surface area contributed by atoms with Crippen molar-refractivity contribution in [2.45, 2.75) is 12.8 Å². The summed E-state index contributed by atoms with van der Waals surface area (Å²) in [6.07, 6.45) is 0.885. The predicted molar refractivity (Wildman–Crippen MR) is 118 cm³/mol. The Balaban J connectivity index is 3.36. The van der Waals surface area contributed by atoms with Crippen LogP contribution >= 0.6 is 15.9 Å². The van der Waals surface area contributed by atoms with E-state index in [4.69, 9.17) is 9.29 Å². The van der Waals surface area contributed by atoms with Crippen LogP contribution in [0.15, 0.2) is 12.1 Å². The van der Waals surface area contributed by atoms with Crippen molar-refractivity contribution < 1.29 is 32.2 Å². The number of rotatable bonds is 13. The van der Waals surface area contributed by atoms with Gasteiger partial charge in [0.05, 0.1) is 29.0 Å². The van der Waals surface area contributed by atoms with Crippen LogP contribution in [0.4, 0.5) is 11.4 Å². The number of hydrogen-bond donors (Lipinski definition) is 1. The van der Waals surface area contributed by atoms with E-state index in [1.165, 1.54) is 18.0 Å². The normalized spacial score (nSPS) is 10.9. The first-order chi connectivity index (χ1) is 14.9. The number of carboxylic acid groups (broad SMARTS) is 1. The summed E-state index contributed by atoms with van der Waals surface area (Å²) in [7, 11) is -2.30. The molecule has 0 atom stereocenters. The molecule has 14 heteroatoms. The van der Waals surface area contributed by atoms with E-state index in [2.05, 4.69) is 15.9 Å². The van der Waals surface area contributed by atoms with Gasteiger partial charge in [0, 0.05) is 44.5 Å². The molecule has 32 heavy (non-hydrogen) atoms. The van der Waals surface area contributed by atoms with Gasteiger partial charge < -0.3 is 14.9 Å². The molecule has 0 aliphatic rings. The Bertz CT molecular complexity index is 1010. The number of nitriles is 1. The number of carboxylic acids is 1. The summed E-state index contributed by atoms with van der Waals surface area (Å²) in [4.78, 5) is 37.1. The number of benzene rings is 1. The van der Waals surface area contributed by atoms with Gasteiger partial charge in [0.15, 0.2) is 0 Å². The summed E-state index contributed by atoms with van der Waals surface area (Å²) in [5, 5.41) is 30.2. The van der Waals surface area contributed by atoms with Crippen molar-refractivity contribution in [2.24, 2.45) is 0 Å². The monoisotopic (exact) mass is 534 g/mol. The molecular weight excluding hydrogens is 512 g/mol. The maximum absolute atomic E-state index is 12.9. The third-order valence-electron chi connectivity index (χ3n) is 4.25. The molecule has 0 fully saturated rings. The van der Waals surface area contributed by atoms with Gasteiger partial charge in [0.2, 0.25) is 0 Å². The molecule has 0 aliphatic heterocycles. The van der Waals surface area contributed by atoms with Crippen molar-refractivity contribution in [3.05, 3.63) is 33.4 Å². The number of alkyl halides is 1. The Morgan fingerprint density at radius 2 is 1.97 bits per heavy atom. The van der Waals surface area contributed by atoms with Crippen LogP contribution < -0.4 is 4.90 Å². The third-order valence-corrected chi connectivity index (χ3v) is 5.20. The first-order valence-corrected chi connectivity index (χ1v) is 12.2. The van der Waals surface area contributed by atoms with Crippen molar-refractivity contribution in [1.82, 2.24) is 4.90 Å². The summed E-state index contributed by atoms with van der Waals surface area (Å²) in [6, 6.07) is 4.08. The van der Waals surface area contributed by atoms with Gasteiger partial charge in [-0.05, 0) is 12.5 Å². The molecule has 0 aromatic heterocycles. The van der Waals surface area contributed by atoms with Crippen LogP contribution in [0.3, 0.4) is 0 Å². The molecule has 0 bridgehead atoms. The fraction of sp³-hybridized carbons (Fsp3) is 0.500. The number of halogens is 1. The van der Waals surface area contributed by atoms with E-state index in [1.807, 2.05) is 6.07 Å². The Morgan fingerprint density at radius 1 is 1.31 bits per heavy atom. The Kier molecular flexibility index (Phi) is 10.5. The molecule has 1 aromatic rings.